The lowest BCUT2D eigenvalue weighted by molar-refractivity contribution is -0.133. The predicted octanol–water partition coefficient (Wildman–Crippen LogP) is 1.69. The van der Waals surface area contributed by atoms with E-state index in [1.54, 1.807) is 11.8 Å². The van der Waals surface area contributed by atoms with Crippen molar-refractivity contribution in [2.24, 2.45) is 5.92 Å². The van der Waals surface area contributed by atoms with E-state index in [1.807, 2.05) is 36.1 Å². The molecule has 6 nitrogen and oxygen atoms in total. The number of para-hydroxylation sites is 2. The van der Waals surface area contributed by atoms with Crippen molar-refractivity contribution in [3.63, 3.8) is 0 Å². The van der Waals surface area contributed by atoms with Crippen LogP contribution in [-0.2, 0) is 14.3 Å². The number of benzene rings is 1. The summed E-state index contributed by atoms with van der Waals surface area (Å²) in [6, 6.07) is 7.34. The molecule has 0 aromatic heterocycles. The molecule has 0 aliphatic carbocycles. The first-order valence-corrected chi connectivity index (χ1v) is 8.52. The first-order valence-electron chi connectivity index (χ1n) is 8.52. The highest BCUT2D eigenvalue weighted by Gasteiger charge is 2.33. The first kappa shape index (κ1) is 16.8. The molecular weight excluding hydrogens is 308 g/mol. The van der Waals surface area contributed by atoms with Gasteiger partial charge >= 0.3 is 0 Å². The van der Waals surface area contributed by atoms with Crippen LogP contribution in [0.2, 0.25) is 0 Å². The number of carbonyl (C=O) groups is 2. The monoisotopic (exact) mass is 332 g/mol. The van der Waals surface area contributed by atoms with Gasteiger partial charge in [0, 0.05) is 25.6 Å². The Morgan fingerprint density at radius 2 is 2.17 bits per heavy atom. The molecule has 3 rings (SSSR count). The number of ether oxygens (including phenoxy) is 2. The smallest absolute Gasteiger partial charge is 0.268 e. The van der Waals surface area contributed by atoms with Gasteiger partial charge in [0.05, 0.1) is 12.3 Å². The van der Waals surface area contributed by atoms with Crippen LogP contribution in [0, 0.1) is 5.92 Å². The number of rotatable bonds is 5. The number of hydrogen-bond donors (Lipinski definition) is 0. The van der Waals surface area contributed by atoms with Crippen molar-refractivity contribution in [3.8, 4) is 5.75 Å². The van der Waals surface area contributed by atoms with Gasteiger partial charge in [-0.1, -0.05) is 12.1 Å². The normalized spacial score (nSPS) is 22.9. The van der Waals surface area contributed by atoms with Gasteiger partial charge in [0.15, 0.2) is 6.10 Å². The minimum absolute atomic E-state index is 0.0401. The van der Waals surface area contributed by atoms with Gasteiger partial charge in [0.1, 0.15) is 12.3 Å². The van der Waals surface area contributed by atoms with Crippen LogP contribution in [0.15, 0.2) is 24.3 Å². The maximum atomic E-state index is 12.7. The van der Waals surface area contributed by atoms with Crippen LogP contribution in [0.4, 0.5) is 5.69 Å². The summed E-state index contributed by atoms with van der Waals surface area (Å²) < 4.78 is 11.0. The highest BCUT2D eigenvalue weighted by Crippen LogP contribution is 2.33. The second-order valence-electron chi connectivity index (χ2n) is 6.31. The summed E-state index contributed by atoms with van der Waals surface area (Å²) in [6.45, 7) is 6.51. The molecule has 130 valence electrons. The Balaban J connectivity index is 1.73. The van der Waals surface area contributed by atoms with E-state index >= 15 is 0 Å². The van der Waals surface area contributed by atoms with E-state index in [-0.39, 0.29) is 18.4 Å². The van der Waals surface area contributed by atoms with Gasteiger partial charge in [-0.3, -0.25) is 14.5 Å². The molecule has 0 unspecified atom stereocenters. The predicted molar refractivity (Wildman–Crippen MR) is 90.1 cm³/mol. The molecule has 2 aliphatic rings. The molecule has 24 heavy (non-hydrogen) atoms. The van der Waals surface area contributed by atoms with E-state index in [1.165, 1.54) is 0 Å². The highest BCUT2D eigenvalue weighted by atomic mass is 16.5. The van der Waals surface area contributed by atoms with Crippen LogP contribution in [0.25, 0.3) is 0 Å². The molecule has 0 N–H and O–H groups in total. The van der Waals surface area contributed by atoms with E-state index in [0.717, 1.165) is 13.0 Å². The van der Waals surface area contributed by atoms with Gasteiger partial charge in [-0.05, 0) is 32.4 Å². The molecule has 1 fully saturated rings. The van der Waals surface area contributed by atoms with E-state index in [9.17, 15) is 9.59 Å². The second kappa shape index (κ2) is 7.21. The Bertz CT molecular complexity index is 613. The van der Waals surface area contributed by atoms with Crippen LogP contribution in [0.3, 0.4) is 0 Å². The van der Waals surface area contributed by atoms with Gasteiger partial charge in [-0.15, -0.1) is 0 Å². The Kier molecular flexibility index (Phi) is 5.04. The molecule has 0 saturated carbocycles. The van der Waals surface area contributed by atoms with Crippen LogP contribution in [0.5, 0.6) is 5.75 Å². The number of amides is 2. The third kappa shape index (κ3) is 3.38. The van der Waals surface area contributed by atoms with Crippen LogP contribution < -0.4 is 9.64 Å². The minimum atomic E-state index is -0.578. The Morgan fingerprint density at radius 3 is 2.88 bits per heavy atom. The number of nitrogens with zero attached hydrogens (tertiary/aromatic N) is 2. The lowest BCUT2D eigenvalue weighted by atomic mass is 10.1. The van der Waals surface area contributed by atoms with Gasteiger partial charge in [-0.2, -0.15) is 0 Å². The molecule has 1 aromatic rings. The number of likely N-dealkylation sites (N-methyl/N-ethyl adjacent to an activating group) is 1. The van der Waals surface area contributed by atoms with Crippen molar-refractivity contribution in [1.82, 2.24) is 4.90 Å². The van der Waals surface area contributed by atoms with Crippen LogP contribution in [-0.4, -0.2) is 55.7 Å². The molecule has 1 aromatic carbocycles. The van der Waals surface area contributed by atoms with Crippen molar-refractivity contribution in [1.29, 1.82) is 0 Å². The van der Waals surface area contributed by atoms with Crippen molar-refractivity contribution in [3.05, 3.63) is 24.3 Å². The van der Waals surface area contributed by atoms with Gasteiger partial charge < -0.3 is 14.4 Å². The lowest BCUT2D eigenvalue weighted by Gasteiger charge is -2.34. The van der Waals surface area contributed by atoms with Crippen molar-refractivity contribution in [2.45, 2.75) is 26.4 Å². The zero-order valence-corrected chi connectivity index (χ0v) is 14.2. The Labute approximate surface area is 142 Å². The number of hydrogen-bond acceptors (Lipinski definition) is 4. The molecule has 1 saturated heterocycles. The largest absolute Gasteiger partial charge is 0.479 e. The average Bonchev–Trinajstić information content (AvgIpc) is 3.09. The fourth-order valence-electron chi connectivity index (χ4n) is 3.20. The summed E-state index contributed by atoms with van der Waals surface area (Å²) in [5.74, 6) is 0.814. The molecule has 0 spiro atoms. The standard InChI is InChI=1S/C18H24N2O4/c1-3-19(10-14-8-9-23-12-14)17(21)11-20-15-6-4-5-7-16(15)24-13(2)18(20)22/h4-7,13-14H,3,8-12H2,1-2H3/t13-,14-/m0/s1. The van der Waals surface area contributed by atoms with Crippen LogP contribution >= 0.6 is 0 Å². The topological polar surface area (TPSA) is 59.1 Å². The molecule has 2 atom stereocenters. The van der Waals surface area contributed by atoms with Crippen molar-refractivity contribution >= 4 is 17.5 Å². The Morgan fingerprint density at radius 1 is 1.38 bits per heavy atom. The molecule has 0 radical (unpaired) electrons. The Hall–Kier alpha value is -2.08. The molecule has 2 aliphatic heterocycles. The summed E-state index contributed by atoms with van der Waals surface area (Å²) in [5, 5.41) is 0. The summed E-state index contributed by atoms with van der Waals surface area (Å²) in [6.07, 6.45) is 0.408. The second-order valence-corrected chi connectivity index (χ2v) is 6.31. The van der Waals surface area contributed by atoms with Crippen molar-refractivity contribution in [2.75, 3.05) is 37.7 Å². The summed E-state index contributed by atoms with van der Waals surface area (Å²) >= 11 is 0. The third-order valence-electron chi connectivity index (χ3n) is 4.60. The number of fused-ring (bicyclic) bond motifs is 1. The van der Waals surface area contributed by atoms with Gasteiger partial charge in [-0.25, -0.2) is 0 Å². The van der Waals surface area contributed by atoms with Gasteiger partial charge in [0.25, 0.3) is 5.91 Å². The zero-order chi connectivity index (χ0) is 17.1. The molecule has 6 heteroatoms. The summed E-state index contributed by atoms with van der Waals surface area (Å²) in [4.78, 5) is 28.6. The SMILES string of the molecule is CCN(C[C@@H]1CCOC1)C(=O)CN1C(=O)[C@H](C)Oc2ccccc21. The summed E-state index contributed by atoms with van der Waals surface area (Å²) in [5.41, 5.74) is 0.661. The fourth-order valence-corrected chi connectivity index (χ4v) is 3.20. The van der Waals surface area contributed by atoms with Crippen LogP contribution in [0.1, 0.15) is 20.3 Å². The highest BCUT2D eigenvalue weighted by molar-refractivity contribution is 6.03. The number of anilines is 1. The first-order chi connectivity index (χ1) is 11.6. The van der Waals surface area contributed by atoms with E-state index in [0.29, 0.717) is 37.1 Å². The van der Waals surface area contributed by atoms with Gasteiger partial charge in [0.2, 0.25) is 5.91 Å². The molecular formula is C18H24N2O4. The lowest BCUT2D eigenvalue weighted by Crippen LogP contribution is -2.50. The summed E-state index contributed by atoms with van der Waals surface area (Å²) in [7, 11) is 0. The van der Waals surface area contributed by atoms with E-state index in [2.05, 4.69) is 0 Å². The van der Waals surface area contributed by atoms with E-state index < -0.39 is 6.10 Å². The molecule has 2 heterocycles. The quantitative estimate of drug-likeness (QED) is 0.823. The minimum Gasteiger partial charge on any atom is -0.479 e. The fraction of sp³-hybridized carbons (Fsp3) is 0.556. The maximum absolute atomic E-state index is 12.7. The average molecular weight is 332 g/mol. The van der Waals surface area contributed by atoms with E-state index in [4.69, 9.17) is 9.47 Å². The van der Waals surface area contributed by atoms with Crippen molar-refractivity contribution < 1.29 is 19.1 Å². The molecule has 2 amide bonds. The number of carbonyl (C=O) groups excluding carboxylic acids is 2. The molecule has 0 bridgehead atoms. The zero-order valence-electron chi connectivity index (χ0n) is 14.2. The third-order valence-corrected chi connectivity index (χ3v) is 4.60. The maximum Gasteiger partial charge on any atom is 0.268 e.